The fraction of sp³-hybridized carbons (Fsp3) is 0.238. The molecule has 0 radical (unpaired) electrons. The first-order valence-corrected chi connectivity index (χ1v) is 8.85. The molecule has 2 aromatic carbocycles. The van der Waals surface area contributed by atoms with Gasteiger partial charge in [-0.05, 0) is 42.7 Å². The zero-order valence-corrected chi connectivity index (χ0v) is 14.7. The molecule has 0 aliphatic carbocycles. The second-order valence-corrected chi connectivity index (χ2v) is 6.73. The third-order valence-electron chi connectivity index (χ3n) is 4.87. The van der Waals surface area contributed by atoms with Crippen LogP contribution in [0.3, 0.4) is 0 Å². The number of carbonyl (C=O) groups excluding carboxylic acids is 2. The van der Waals surface area contributed by atoms with Crippen molar-refractivity contribution >= 4 is 28.4 Å². The second-order valence-electron chi connectivity index (χ2n) is 6.73. The fourth-order valence-corrected chi connectivity index (χ4v) is 3.55. The lowest BCUT2D eigenvalue weighted by molar-refractivity contribution is -0.121. The summed E-state index contributed by atoms with van der Waals surface area (Å²) in [5.41, 5.74) is 4.00. The Balaban J connectivity index is 1.41. The summed E-state index contributed by atoms with van der Waals surface area (Å²) in [6.45, 7) is 2.60. The lowest BCUT2D eigenvalue weighted by Crippen LogP contribution is -2.39. The Kier molecular flexibility index (Phi) is 4.31. The van der Waals surface area contributed by atoms with Crippen LogP contribution in [-0.4, -0.2) is 29.4 Å². The number of hydrogen-bond donors (Lipinski definition) is 2. The summed E-state index contributed by atoms with van der Waals surface area (Å²) in [5, 5.41) is 4.45. The number of carbonyl (C=O) groups is 2. The summed E-state index contributed by atoms with van der Waals surface area (Å²) in [6, 6.07) is 15.2. The van der Waals surface area contributed by atoms with Gasteiger partial charge in [0.1, 0.15) is 0 Å². The maximum atomic E-state index is 12.7. The number of imide groups is 1. The van der Waals surface area contributed by atoms with Crippen molar-refractivity contribution < 1.29 is 9.59 Å². The number of anilines is 1. The molecule has 0 spiro atoms. The molecule has 2 amide bonds. The largest absolute Gasteiger partial charge is 0.361 e. The van der Waals surface area contributed by atoms with E-state index in [9.17, 15) is 9.59 Å². The molecular formula is C21H21N3O2. The molecule has 0 unspecified atom stereocenters. The van der Waals surface area contributed by atoms with Crippen LogP contribution in [0, 0.1) is 6.92 Å². The number of hydrogen-bond acceptors (Lipinski definition) is 3. The van der Waals surface area contributed by atoms with Gasteiger partial charge in [0, 0.05) is 23.6 Å². The normalized spacial score (nSPS) is 17.4. The SMILES string of the molecule is Cc1cccc(N2C(=O)C[C@@H](NCCc3c[nH]c4ccccc34)C2=O)c1. The molecule has 0 bridgehead atoms. The Morgan fingerprint density at radius 2 is 2.00 bits per heavy atom. The zero-order valence-electron chi connectivity index (χ0n) is 14.7. The summed E-state index contributed by atoms with van der Waals surface area (Å²) in [7, 11) is 0. The Bertz CT molecular complexity index is 976. The molecule has 1 aliphatic heterocycles. The minimum absolute atomic E-state index is 0.148. The molecule has 1 aliphatic rings. The van der Waals surface area contributed by atoms with Crippen LogP contribution in [-0.2, 0) is 16.0 Å². The van der Waals surface area contributed by atoms with Gasteiger partial charge in [0.05, 0.1) is 18.2 Å². The van der Waals surface area contributed by atoms with Gasteiger partial charge in [0.25, 0.3) is 5.91 Å². The average Bonchev–Trinajstić information content (AvgIpc) is 3.16. The smallest absolute Gasteiger partial charge is 0.251 e. The summed E-state index contributed by atoms with van der Waals surface area (Å²) in [5.74, 6) is -0.315. The number of benzene rings is 2. The van der Waals surface area contributed by atoms with Crippen LogP contribution in [0.1, 0.15) is 17.5 Å². The van der Waals surface area contributed by atoms with Crippen molar-refractivity contribution in [3.8, 4) is 0 Å². The highest BCUT2D eigenvalue weighted by Gasteiger charge is 2.39. The van der Waals surface area contributed by atoms with Crippen LogP contribution in [0.4, 0.5) is 5.69 Å². The van der Waals surface area contributed by atoms with Crippen molar-refractivity contribution in [2.24, 2.45) is 0 Å². The van der Waals surface area contributed by atoms with Crippen LogP contribution in [0.2, 0.25) is 0 Å². The van der Waals surface area contributed by atoms with Crippen molar-refractivity contribution in [2.45, 2.75) is 25.8 Å². The summed E-state index contributed by atoms with van der Waals surface area (Å²) in [6.07, 6.45) is 3.01. The first-order chi connectivity index (χ1) is 12.6. The molecule has 5 nitrogen and oxygen atoms in total. The van der Waals surface area contributed by atoms with Crippen LogP contribution >= 0.6 is 0 Å². The van der Waals surface area contributed by atoms with Crippen molar-refractivity contribution in [1.82, 2.24) is 10.3 Å². The van der Waals surface area contributed by atoms with E-state index in [0.717, 1.165) is 17.5 Å². The highest BCUT2D eigenvalue weighted by atomic mass is 16.2. The third-order valence-corrected chi connectivity index (χ3v) is 4.87. The molecule has 2 N–H and O–H groups in total. The highest BCUT2D eigenvalue weighted by molar-refractivity contribution is 6.22. The van der Waals surface area contributed by atoms with E-state index < -0.39 is 6.04 Å². The number of H-pyrrole nitrogens is 1. The summed E-state index contributed by atoms with van der Waals surface area (Å²) < 4.78 is 0. The molecule has 3 aromatic rings. The Hall–Kier alpha value is -2.92. The van der Waals surface area contributed by atoms with E-state index in [1.807, 2.05) is 49.5 Å². The van der Waals surface area contributed by atoms with E-state index in [4.69, 9.17) is 0 Å². The number of fused-ring (bicyclic) bond motifs is 1. The number of nitrogens with one attached hydrogen (secondary N) is 2. The lowest BCUT2D eigenvalue weighted by atomic mass is 10.1. The van der Waals surface area contributed by atoms with Gasteiger partial charge >= 0.3 is 0 Å². The first kappa shape index (κ1) is 16.5. The van der Waals surface area contributed by atoms with Gasteiger partial charge in [-0.2, -0.15) is 0 Å². The number of rotatable bonds is 5. The Morgan fingerprint density at radius 3 is 2.85 bits per heavy atom. The average molecular weight is 347 g/mol. The van der Waals surface area contributed by atoms with Crippen molar-refractivity contribution in [2.75, 3.05) is 11.4 Å². The zero-order chi connectivity index (χ0) is 18.1. The lowest BCUT2D eigenvalue weighted by Gasteiger charge is -2.16. The maximum absolute atomic E-state index is 12.7. The molecule has 1 aromatic heterocycles. The van der Waals surface area contributed by atoms with E-state index in [1.165, 1.54) is 15.8 Å². The minimum atomic E-state index is -0.451. The van der Waals surface area contributed by atoms with E-state index in [1.54, 1.807) is 6.07 Å². The first-order valence-electron chi connectivity index (χ1n) is 8.85. The molecular weight excluding hydrogens is 326 g/mol. The van der Waals surface area contributed by atoms with Crippen molar-refractivity contribution in [3.63, 3.8) is 0 Å². The number of para-hydroxylation sites is 1. The Labute approximate surface area is 152 Å². The van der Waals surface area contributed by atoms with Gasteiger partial charge in [0.2, 0.25) is 5.91 Å². The van der Waals surface area contributed by atoms with Crippen molar-refractivity contribution in [1.29, 1.82) is 0 Å². The van der Waals surface area contributed by atoms with Crippen LogP contribution in [0.15, 0.2) is 54.7 Å². The molecule has 1 atom stereocenters. The molecule has 132 valence electrons. The Morgan fingerprint density at radius 1 is 1.15 bits per heavy atom. The van der Waals surface area contributed by atoms with Gasteiger partial charge < -0.3 is 10.3 Å². The van der Waals surface area contributed by atoms with E-state index in [-0.39, 0.29) is 18.2 Å². The third kappa shape index (κ3) is 3.02. The number of nitrogens with zero attached hydrogens (tertiary/aromatic N) is 1. The quantitative estimate of drug-likeness (QED) is 0.698. The van der Waals surface area contributed by atoms with Gasteiger partial charge in [-0.15, -0.1) is 0 Å². The molecule has 26 heavy (non-hydrogen) atoms. The number of aromatic amines is 1. The fourth-order valence-electron chi connectivity index (χ4n) is 3.55. The van der Waals surface area contributed by atoms with Crippen LogP contribution in [0.25, 0.3) is 10.9 Å². The van der Waals surface area contributed by atoms with Gasteiger partial charge in [0.15, 0.2) is 0 Å². The number of aryl methyl sites for hydroxylation is 1. The highest BCUT2D eigenvalue weighted by Crippen LogP contribution is 2.24. The topological polar surface area (TPSA) is 65.2 Å². The predicted molar refractivity (Wildman–Crippen MR) is 102 cm³/mol. The van der Waals surface area contributed by atoms with Crippen LogP contribution in [0.5, 0.6) is 0 Å². The standard InChI is InChI=1S/C21H21N3O2/c1-14-5-4-6-16(11-14)24-20(25)12-19(21(24)26)22-10-9-15-13-23-18-8-3-2-7-17(15)18/h2-8,11,13,19,22-23H,9-10,12H2,1H3/t19-/m1/s1. The number of aromatic nitrogens is 1. The minimum Gasteiger partial charge on any atom is -0.361 e. The van der Waals surface area contributed by atoms with Gasteiger partial charge in [-0.3, -0.25) is 9.59 Å². The second kappa shape index (κ2) is 6.77. The molecule has 1 saturated heterocycles. The molecule has 5 heteroatoms. The van der Waals surface area contributed by atoms with Gasteiger partial charge in [-0.25, -0.2) is 4.90 Å². The molecule has 2 heterocycles. The molecule has 4 rings (SSSR count). The van der Waals surface area contributed by atoms with Crippen LogP contribution < -0.4 is 10.2 Å². The molecule has 1 fully saturated rings. The van der Waals surface area contributed by atoms with Gasteiger partial charge in [-0.1, -0.05) is 30.3 Å². The number of amides is 2. The molecule has 0 saturated carbocycles. The maximum Gasteiger partial charge on any atom is 0.251 e. The summed E-state index contributed by atoms with van der Waals surface area (Å²) >= 11 is 0. The van der Waals surface area contributed by atoms with Crippen molar-refractivity contribution in [3.05, 3.63) is 65.9 Å². The van der Waals surface area contributed by atoms with E-state index in [0.29, 0.717) is 12.2 Å². The monoisotopic (exact) mass is 347 g/mol. The van der Waals surface area contributed by atoms with E-state index >= 15 is 0 Å². The van der Waals surface area contributed by atoms with E-state index in [2.05, 4.69) is 16.4 Å². The summed E-state index contributed by atoms with van der Waals surface area (Å²) in [4.78, 5) is 29.6. The predicted octanol–water partition coefficient (Wildman–Crippen LogP) is 2.94.